The number of aliphatic imine (C=N–C) groups is 1. The van der Waals surface area contributed by atoms with Crippen LogP contribution >= 0.6 is 0 Å². The van der Waals surface area contributed by atoms with Gasteiger partial charge in [-0.1, -0.05) is 0 Å². The molecule has 7 heteroatoms. The van der Waals surface area contributed by atoms with Gasteiger partial charge in [0.15, 0.2) is 5.96 Å². The molecule has 0 unspecified atom stereocenters. The number of carboxylic acids is 1. The lowest BCUT2D eigenvalue weighted by atomic mass is 10.8. The lowest BCUT2D eigenvalue weighted by Gasteiger charge is -2.08. The summed E-state index contributed by atoms with van der Waals surface area (Å²) in [5.74, 6) is -0.872. The molecule has 0 fully saturated rings. The standard InChI is InChI=1S/C4H11N5.C2H4O2/c1-9(2)4(7)8-3(5)6;1-2(3)4/h1-2H3,(H5,5,6,7,8);1H3,(H,3,4). The Morgan fingerprint density at radius 3 is 1.85 bits per heavy atom. The molecule has 0 atom stereocenters. The molecule has 0 aliphatic heterocycles. The minimum atomic E-state index is -0.833. The van der Waals surface area contributed by atoms with E-state index in [0.717, 1.165) is 6.92 Å². The van der Waals surface area contributed by atoms with Gasteiger partial charge in [0.2, 0.25) is 5.96 Å². The first-order valence-electron chi connectivity index (χ1n) is 3.32. The summed E-state index contributed by atoms with van der Waals surface area (Å²) >= 11 is 0. The summed E-state index contributed by atoms with van der Waals surface area (Å²) in [6, 6.07) is 0. The summed E-state index contributed by atoms with van der Waals surface area (Å²) in [5, 5.41) is 14.1. The van der Waals surface area contributed by atoms with Crippen LogP contribution in [0.25, 0.3) is 0 Å². The fraction of sp³-hybridized carbons (Fsp3) is 0.500. The van der Waals surface area contributed by atoms with E-state index < -0.39 is 5.97 Å². The van der Waals surface area contributed by atoms with E-state index in [-0.39, 0.29) is 11.9 Å². The van der Waals surface area contributed by atoms with Crippen molar-refractivity contribution in [1.29, 1.82) is 5.41 Å². The molecular formula is C6H15N5O2. The molecule has 0 spiro atoms. The number of nitrogens with one attached hydrogen (secondary N) is 1. The molecule has 0 aromatic rings. The summed E-state index contributed by atoms with van der Waals surface area (Å²) in [7, 11) is 3.45. The topological polar surface area (TPSA) is 129 Å². The number of hydrogen-bond acceptors (Lipinski definition) is 2. The second kappa shape index (κ2) is 6.89. The Labute approximate surface area is 76.5 Å². The third-order valence-corrected chi connectivity index (χ3v) is 0.693. The van der Waals surface area contributed by atoms with Crippen LogP contribution in [0.4, 0.5) is 0 Å². The highest BCUT2D eigenvalue weighted by atomic mass is 16.4. The average Bonchev–Trinajstić information content (AvgIpc) is 1.83. The quantitative estimate of drug-likeness (QED) is 0.282. The van der Waals surface area contributed by atoms with Crippen LogP contribution in [0.5, 0.6) is 0 Å². The first-order valence-corrected chi connectivity index (χ1v) is 3.32. The van der Waals surface area contributed by atoms with Crippen LogP contribution in [0.3, 0.4) is 0 Å². The molecule has 13 heavy (non-hydrogen) atoms. The molecule has 7 nitrogen and oxygen atoms in total. The van der Waals surface area contributed by atoms with E-state index in [4.69, 9.17) is 26.8 Å². The van der Waals surface area contributed by atoms with Crippen molar-refractivity contribution in [2.45, 2.75) is 6.92 Å². The summed E-state index contributed by atoms with van der Waals surface area (Å²) in [4.78, 5) is 14.0. The highest BCUT2D eigenvalue weighted by Gasteiger charge is 1.92. The van der Waals surface area contributed by atoms with Crippen molar-refractivity contribution >= 4 is 17.9 Å². The predicted molar refractivity (Wildman–Crippen MR) is 50.5 cm³/mol. The van der Waals surface area contributed by atoms with Crippen LogP contribution in [0.2, 0.25) is 0 Å². The van der Waals surface area contributed by atoms with Crippen molar-refractivity contribution < 1.29 is 9.90 Å². The van der Waals surface area contributed by atoms with Gasteiger partial charge < -0.3 is 21.5 Å². The second-order valence-corrected chi connectivity index (χ2v) is 2.27. The van der Waals surface area contributed by atoms with Crippen LogP contribution in [0.1, 0.15) is 6.92 Å². The van der Waals surface area contributed by atoms with Gasteiger partial charge in [-0.25, -0.2) is 0 Å². The Bertz CT molecular complexity index is 207. The number of carboxylic acid groups (broad SMARTS) is 1. The fourth-order valence-corrected chi connectivity index (χ4v) is 0.223. The van der Waals surface area contributed by atoms with Gasteiger partial charge in [0.1, 0.15) is 0 Å². The molecular weight excluding hydrogens is 174 g/mol. The molecule has 0 rings (SSSR count). The van der Waals surface area contributed by atoms with E-state index in [1.165, 1.54) is 0 Å². The van der Waals surface area contributed by atoms with Gasteiger partial charge in [0.05, 0.1) is 0 Å². The number of nitrogens with two attached hydrogens (primary N) is 2. The van der Waals surface area contributed by atoms with Crippen molar-refractivity contribution in [2.24, 2.45) is 16.5 Å². The number of hydrogen-bond donors (Lipinski definition) is 4. The van der Waals surface area contributed by atoms with E-state index in [9.17, 15) is 0 Å². The Hall–Kier alpha value is -1.79. The van der Waals surface area contributed by atoms with Crippen LogP contribution in [-0.4, -0.2) is 42.0 Å². The zero-order valence-electron chi connectivity index (χ0n) is 7.90. The third-order valence-electron chi connectivity index (χ3n) is 0.693. The Morgan fingerprint density at radius 2 is 1.77 bits per heavy atom. The minimum Gasteiger partial charge on any atom is -0.481 e. The zero-order chi connectivity index (χ0) is 11.0. The predicted octanol–water partition coefficient (Wildman–Crippen LogP) is -1.15. The van der Waals surface area contributed by atoms with E-state index in [1.807, 2.05) is 0 Å². The van der Waals surface area contributed by atoms with Crippen molar-refractivity contribution in [3.05, 3.63) is 0 Å². The van der Waals surface area contributed by atoms with Crippen molar-refractivity contribution in [3.63, 3.8) is 0 Å². The Balaban J connectivity index is 0. The van der Waals surface area contributed by atoms with E-state index in [0.29, 0.717) is 0 Å². The molecule has 0 amide bonds. The maximum absolute atomic E-state index is 9.00. The highest BCUT2D eigenvalue weighted by molar-refractivity contribution is 5.91. The molecule has 0 aliphatic carbocycles. The first-order chi connectivity index (χ1) is 5.77. The van der Waals surface area contributed by atoms with Gasteiger partial charge in [0, 0.05) is 21.0 Å². The Morgan fingerprint density at radius 1 is 1.46 bits per heavy atom. The fourth-order valence-electron chi connectivity index (χ4n) is 0.223. The van der Waals surface area contributed by atoms with Crippen LogP contribution in [0.15, 0.2) is 4.99 Å². The van der Waals surface area contributed by atoms with Gasteiger partial charge in [-0.05, 0) is 0 Å². The molecule has 0 saturated heterocycles. The summed E-state index contributed by atoms with van der Waals surface area (Å²) in [6.45, 7) is 1.08. The third kappa shape index (κ3) is 17.8. The highest BCUT2D eigenvalue weighted by Crippen LogP contribution is 1.73. The van der Waals surface area contributed by atoms with Gasteiger partial charge in [0.25, 0.3) is 5.97 Å². The molecule has 76 valence electrons. The number of guanidine groups is 2. The lowest BCUT2D eigenvalue weighted by Crippen LogP contribution is -2.32. The van der Waals surface area contributed by atoms with E-state index >= 15 is 0 Å². The van der Waals surface area contributed by atoms with Crippen molar-refractivity contribution in [1.82, 2.24) is 4.90 Å². The molecule has 0 radical (unpaired) electrons. The summed E-state index contributed by atoms with van der Waals surface area (Å²) in [6.07, 6.45) is 0. The van der Waals surface area contributed by atoms with E-state index in [2.05, 4.69) is 4.99 Å². The monoisotopic (exact) mass is 189 g/mol. The number of aliphatic carboxylic acids is 1. The first kappa shape index (κ1) is 13.8. The van der Waals surface area contributed by atoms with Crippen molar-refractivity contribution in [2.75, 3.05) is 14.1 Å². The molecule has 0 aromatic carbocycles. The van der Waals surface area contributed by atoms with Gasteiger partial charge in [-0.15, -0.1) is 0 Å². The largest absolute Gasteiger partial charge is 0.481 e. The SMILES string of the molecule is CC(=O)O.CN(C)/C(N)=N/C(=N)N. The lowest BCUT2D eigenvalue weighted by molar-refractivity contribution is -0.134. The maximum Gasteiger partial charge on any atom is 0.300 e. The van der Waals surface area contributed by atoms with Crippen LogP contribution in [0, 0.1) is 5.41 Å². The van der Waals surface area contributed by atoms with Gasteiger partial charge >= 0.3 is 0 Å². The number of carbonyl (C=O) groups is 1. The summed E-state index contributed by atoms with van der Waals surface area (Å²) < 4.78 is 0. The van der Waals surface area contributed by atoms with Gasteiger partial charge in [-0.3, -0.25) is 10.2 Å². The maximum atomic E-state index is 9.00. The molecule has 0 aromatic heterocycles. The molecule has 6 N–H and O–H groups in total. The van der Waals surface area contributed by atoms with E-state index in [1.54, 1.807) is 19.0 Å². The molecule has 0 heterocycles. The normalized spacial score (nSPS) is 9.62. The van der Waals surface area contributed by atoms with Crippen LogP contribution in [-0.2, 0) is 4.79 Å². The second-order valence-electron chi connectivity index (χ2n) is 2.27. The number of rotatable bonds is 0. The average molecular weight is 189 g/mol. The molecule has 0 saturated carbocycles. The van der Waals surface area contributed by atoms with Crippen LogP contribution < -0.4 is 11.5 Å². The number of nitrogens with zero attached hydrogens (tertiary/aromatic N) is 2. The molecule has 0 bridgehead atoms. The molecule has 0 aliphatic rings. The van der Waals surface area contributed by atoms with Gasteiger partial charge in [-0.2, -0.15) is 4.99 Å². The van der Waals surface area contributed by atoms with Crippen molar-refractivity contribution in [3.8, 4) is 0 Å². The zero-order valence-corrected chi connectivity index (χ0v) is 7.90. The minimum absolute atomic E-state index is 0.238. The summed E-state index contributed by atoms with van der Waals surface area (Å²) in [5.41, 5.74) is 10.2. The smallest absolute Gasteiger partial charge is 0.300 e. The Kier molecular flexibility index (Phi) is 7.30.